The van der Waals surface area contributed by atoms with Gasteiger partial charge in [0.2, 0.25) is 0 Å². The summed E-state index contributed by atoms with van der Waals surface area (Å²) in [5.74, 6) is 1.07. The second-order valence-electron chi connectivity index (χ2n) is 9.48. The molecule has 186 valence electrons. The first-order valence-electron chi connectivity index (χ1n) is 11.8. The number of carbonyl (C=O) groups excluding carboxylic acids is 1. The van der Waals surface area contributed by atoms with Crippen LogP contribution in [0.2, 0.25) is 0 Å². The van der Waals surface area contributed by atoms with Gasteiger partial charge >= 0.3 is 0 Å². The van der Waals surface area contributed by atoms with Crippen molar-refractivity contribution in [2.24, 2.45) is 0 Å². The van der Waals surface area contributed by atoms with Crippen LogP contribution in [0, 0.1) is 12.7 Å². The first kappa shape index (κ1) is 26.5. The number of rotatable bonds is 12. The summed E-state index contributed by atoms with van der Waals surface area (Å²) in [6.07, 6.45) is 0.401. The minimum Gasteiger partial charge on any atom is -0.457 e. The molecular formula is C29H34FNO4. The van der Waals surface area contributed by atoms with Crippen LogP contribution in [0.25, 0.3) is 0 Å². The summed E-state index contributed by atoms with van der Waals surface area (Å²) >= 11 is 0. The zero-order chi connectivity index (χ0) is 25.4. The van der Waals surface area contributed by atoms with Crippen molar-refractivity contribution in [1.82, 2.24) is 5.32 Å². The lowest BCUT2D eigenvalue weighted by atomic mass is 9.94. The number of benzene rings is 3. The molecule has 2 N–H and O–H groups in total. The highest BCUT2D eigenvalue weighted by Crippen LogP contribution is 2.31. The maximum atomic E-state index is 13.9. The Morgan fingerprint density at radius 1 is 1.09 bits per heavy atom. The molecule has 0 radical (unpaired) electrons. The number of hydrogen-bond acceptors (Lipinski definition) is 5. The van der Waals surface area contributed by atoms with Gasteiger partial charge in [0.15, 0.2) is 0 Å². The van der Waals surface area contributed by atoms with Crippen molar-refractivity contribution >= 4 is 6.29 Å². The number of aliphatic hydroxyl groups excluding tert-OH is 1. The summed E-state index contributed by atoms with van der Waals surface area (Å²) in [5.41, 5.74) is 2.65. The van der Waals surface area contributed by atoms with Crippen LogP contribution >= 0.6 is 0 Å². The Labute approximate surface area is 206 Å². The lowest BCUT2D eigenvalue weighted by Crippen LogP contribution is -2.46. The van der Waals surface area contributed by atoms with E-state index in [0.29, 0.717) is 35.6 Å². The zero-order valence-corrected chi connectivity index (χ0v) is 20.8. The number of aldehydes is 1. The first-order valence-corrected chi connectivity index (χ1v) is 11.8. The van der Waals surface area contributed by atoms with Crippen LogP contribution in [-0.2, 0) is 11.2 Å². The highest BCUT2D eigenvalue weighted by atomic mass is 19.1. The molecule has 0 aromatic heterocycles. The van der Waals surface area contributed by atoms with Gasteiger partial charge in [-0.15, -0.1) is 0 Å². The molecular weight excluding hydrogens is 445 g/mol. The van der Waals surface area contributed by atoms with E-state index in [4.69, 9.17) is 9.47 Å². The normalized spacial score (nSPS) is 13.3. The van der Waals surface area contributed by atoms with E-state index >= 15 is 0 Å². The molecule has 0 saturated carbocycles. The van der Waals surface area contributed by atoms with Gasteiger partial charge in [0, 0.05) is 23.2 Å². The Hall–Kier alpha value is -3.06. The molecule has 2 atom stereocenters. The van der Waals surface area contributed by atoms with E-state index in [0.717, 1.165) is 17.4 Å². The predicted molar refractivity (Wildman–Crippen MR) is 136 cm³/mol. The number of halogens is 1. The summed E-state index contributed by atoms with van der Waals surface area (Å²) in [6, 6.07) is 19.7. The maximum absolute atomic E-state index is 13.9. The third-order valence-electron chi connectivity index (χ3n) is 5.84. The molecule has 0 heterocycles. The number of aliphatic hydroxyl groups is 1. The van der Waals surface area contributed by atoms with Crippen LogP contribution in [-0.4, -0.2) is 36.2 Å². The van der Waals surface area contributed by atoms with Gasteiger partial charge in [0.05, 0.1) is 18.8 Å². The third kappa shape index (κ3) is 7.99. The van der Waals surface area contributed by atoms with E-state index in [-0.39, 0.29) is 24.1 Å². The Morgan fingerprint density at radius 2 is 1.80 bits per heavy atom. The molecule has 0 aliphatic heterocycles. The van der Waals surface area contributed by atoms with Gasteiger partial charge in [-0.3, -0.25) is 4.79 Å². The van der Waals surface area contributed by atoms with E-state index in [1.54, 1.807) is 43.3 Å². The fourth-order valence-electron chi connectivity index (χ4n) is 3.77. The van der Waals surface area contributed by atoms with Crippen LogP contribution in [0.4, 0.5) is 4.39 Å². The van der Waals surface area contributed by atoms with Gasteiger partial charge in [-0.2, -0.15) is 0 Å². The van der Waals surface area contributed by atoms with Crippen molar-refractivity contribution in [2.75, 3.05) is 13.2 Å². The second kappa shape index (κ2) is 12.1. The van der Waals surface area contributed by atoms with Crippen LogP contribution < -0.4 is 10.1 Å². The first-order chi connectivity index (χ1) is 16.7. The molecule has 3 aromatic carbocycles. The summed E-state index contributed by atoms with van der Waals surface area (Å²) in [7, 11) is 0. The highest BCUT2D eigenvalue weighted by molar-refractivity contribution is 5.74. The fourth-order valence-corrected chi connectivity index (χ4v) is 3.77. The highest BCUT2D eigenvalue weighted by Gasteiger charge is 2.21. The van der Waals surface area contributed by atoms with Crippen molar-refractivity contribution in [1.29, 1.82) is 0 Å². The summed E-state index contributed by atoms with van der Waals surface area (Å²) in [5, 5.41) is 13.9. The molecule has 0 bridgehead atoms. The Kier molecular flexibility index (Phi) is 9.15. The Morgan fingerprint density at radius 3 is 2.49 bits per heavy atom. The quantitative estimate of drug-likeness (QED) is 0.322. The third-order valence-corrected chi connectivity index (χ3v) is 5.84. The Balaban J connectivity index is 1.52. The molecule has 0 aliphatic carbocycles. The molecule has 5 nitrogen and oxygen atoms in total. The van der Waals surface area contributed by atoms with Crippen LogP contribution in [0.15, 0.2) is 66.7 Å². The van der Waals surface area contributed by atoms with Gasteiger partial charge in [-0.05, 0) is 81.6 Å². The van der Waals surface area contributed by atoms with E-state index in [1.807, 2.05) is 51.1 Å². The van der Waals surface area contributed by atoms with Crippen molar-refractivity contribution < 1.29 is 23.8 Å². The topological polar surface area (TPSA) is 67.8 Å². The molecule has 0 fully saturated rings. The van der Waals surface area contributed by atoms with Crippen LogP contribution in [0.1, 0.15) is 53.9 Å². The summed E-state index contributed by atoms with van der Waals surface area (Å²) in [6.45, 7) is 8.19. The lowest BCUT2D eigenvalue weighted by molar-refractivity contribution is -0.00481. The van der Waals surface area contributed by atoms with Crippen molar-refractivity contribution in [3.8, 4) is 11.5 Å². The number of hydrogen-bond donors (Lipinski definition) is 2. The Bertz CT molecular complexity index is 1110. The number of carbonyl (C=O) groups is 1. The van der Waals surface area contributed by atoms with Crippen LogP contribution in [0.5, 0.6) is 11.5 Å². The SMILES string of the molecule is Cc1ccc(CC(C)(C)NC[C@@H](O)CO[C@H](C)c2ccccc2Oc2ccc(C=O)cc2)cc1F. The van der Waals surface area contributed by atoms with E-state index in [2.05, 4.69) is 5.32 Å². The standard InChI is InChI=1S/C29H34FNO4/c1-20-9-10-23(15-27(20)30)16-29(3,4)31-17-24(33)19-34-21(2)26-7-5-6-8-28(26)35-25-13-11-22(18-32)12-14-25/h5-15,18,21,24,31,33H,16-17,19H2,1-4H3/t21-,24-/m1/s1. The lowest BCUT2D eigenvalue weighted by Gasteiger charge is -2.28. The second-order valence-corrected chi connectivity index (χ2v) is 9.48. The predicted octanol–water partition coefficient (Wildman–Crippen LogP) is 5.79. The van der Waals surface area contributed by atoms with Gasteiger partial charge in [0.1, 0.15) is 23.6 Å². The molecule has 3 aromatic rings. The molecule has 0 spiro atoms. The number of β-amino-alcohol motifs (C(OH)–C–C–N with tert-alkyl or cyclic N) is 1. The van der Waals surface area contributed by atoms with Crippen molar-refractivity contribution in [3.63, 3.8) is 0 Å². The van der Waals surface area contributed by atoms with E-state index < -0.39 is 6.10 Å². The van der Waals surface area contributed by atoms with Gasteiger partial charge < -0.3 is 19.9 Å². The minimum absolute atomic E-state index is 0.145. The van der Waals surface area contributed by atoms with Gasteiger partial charge in [-0.1, -0.05) is 30.3 Å². The monoisotopic (exact) mass is 479 g/mol. The summed E-state index contributed by atoms with van der Waals surface area (Å²) < 4.78 is 25.8. The average molecular weight is 480 g/mol. The molecule has 0 aliphatic rings. The minimum atomic E-state index is -0.713. The molecule has 0 saturated heterocycles. The molecule has 0 unspecified atom stereocenters. The molecule has 6 heteroatoms. The average Bonchev–Trinajstić information content (AvgIpc) is 2.84. The van der Waals surface area contributed by atoms with Crippen LogP contribution in [0.3, 0.4) is 0 Å². The van der Waals surface area contributed by atoms with E-state index in [9.17, 15) is 14.3 Å². The van der Waals surface area contributed by atoms with Crippen molar-refractivity contribution in [2.45, 2.75) is 51.9 Å². The van der Waals surface area contributed by atoms with Gasteiger partial charge in [0.25, 0.3) is 0 Å². The fraction of sp³-hybridized carbons (Fsp3) is 0.345. The van der Waals surface area contributed by atoms with Crippen molar-refractivity contribution in [3.05, 3.63) is 94.8 Å². The smallest absolute Gasteiger partial charge is 0.150 e. The number of aryl methyl sites for hydroxylation is 1. The number of para-hydroxylation sites is 1. The number of ether oxygens (including phenoxy) is 2. The molecule has 35 heavy (non-hydrogen) atoms. The number of nitrogens with one attached hydrogen (secondary N) is 1. The molecule has 0 amide bonds. The maximum Gasteiger partial charge on any atom is 0.150 e. The largest absolute Gasteiger partial charge is 0.457 e. The summed E-state index contributed by atoms with van der Waals surface area (Å²) in [4.78, 5) is 10.9. The van der Waals surface area contributed by atoms with Gasteiger partial charge in [-0.25, -0.2) is 4.39 Å². The zero-order valence-electron chi connectivity index (χ0n) is 20.8. The molecule has 3 rings (SSSR count). The van der Waals surface area contributed by atoms with E-state index in [1.165, 1.54) is 0 Å².